The van der Waals surface area contributed by atoms with Crippen LogP contribution in [0.4, 0.5) is 0 Å². The predicted molar refractivity (Wildman–Crippen MR) is 126 cm³/mol. The minimum Gasteiger partial charge on any atom is -0.481 e. The Balaban J connectivity index is 5.50. The fraction of sp³-hybridized carbons (Fsp3) is 0.762. The van der Waals surface area contributed by atoms with E-state index in [4.69, 9.17) is 22.3 Å². The Morgan fingerprint density at radius 3 is 1.71 bits per heavy atom. The zero-order chi connectivity index (χ0) is 27.0. The lowest BCUT2D eigenvalue weighted by molar-refractivity contribution is -0.145. The molecule has 12 N–H and O–H groups in total. The Morgan fingerprint density at radius 2 is 1.23 bits per heavy atom. The normalized spacial score (nSPS) is 15.2. The Bertz CT molecular complexity index is 705. The summed E-state index contributed by atoms with van der Waals surface area (Å²) < 4.78 is 0. The first-order chi connectivity index (χ1) is 16.4. The van der Waals surface area contributed by atoms with E-state index < -0.39 is 66.4 Å². The zero-order valence-electron chi connectivity index (χ0n) is 20.1. The van der Waals surface area contributed by atoms with Crippen LogP contribution in [0.5, 0.6) is 0 Å². The van der Waals surface area contributed by atoms with Crippen LogP contribution in [0.1, 0.15) is 58.3 Å². The quantitative estimate of drug-likeness (QED) is 0.0820. The molecule has 0 aliphatic heterocycles. The third-order valence-electron chi connectivity index (χ3n) is 5.21. The maximum absolute atomic E-state index is 12.9. The minimum absolute atomic E-state index is 0.0964. The summed E-state index contributed by atoms with van der Waals surface area (Å²) in [6.07, 6.45) is 0.505. The first-order valence-corrected chi connectivity index (χ1v) is 11.6. The van der Waals surface area contributed by atoms with Gasteiger partial charge in [-0.25, -0.2) is 4.79 Å². The monoisotopic (exact) mass is 504 g/mol. The number of hydrogen-bond acceptors (Lipinski definition) is 9. The van der Waals surface area contributed by atoms with Crippen molar-refractivity contribution >= 4 is 29.7 Å². The topological polar surface area (TPSA) is 260 Å². The number of aliphatic carboxylic acids is 2. The molecule has 202 valence electrons. The Labute approximate surface area is 204 Å². The highest BCUT2D eigenvalue weighted by Gasteiger charge is 2.31. The predicted octanol–water partition coefficient (Wildman–Crippen LogP) is -2.64. The SMILES string of the molecule is CC(O)C(NC(=O)C(CCCCN)NC(=O)C(CCC(=O)O)NC(=O)C(N)CCCCN)C(=O)O. The maximum atomic E-state index is 12.9. The van der Waals surface area contributed by atoms with E-state index in [1.807, 2.05) is 0 Å². The Morgan fingerprint density at radius 1 is 0.743 bits per heavy atom. The first kappa shape index (κ1) is 32.2. The molecular weight excluding hydrogens is 464 g/mol. The molecule has 0 fully saturated rings. The van der Waals surface area contributed by atoms with Gasteiger partial charge in [0.05, 0.1) is 12.1 Å². The molecule has 0 aliphatic rings. The number of nitrogens with two attached hydrogens (primary N) is 3. The maximum Gasteiger partial charge on any atom is 0.328 e. The van der Waals surface area contributed by atoms with Crippen molar-refractivity contribution in [1.82, 2.24) is 16.0 Å². The lowest BCUT2D eigenvalue weighted by Crippen LogP contribution is -2.58. The molecule has 0 saturated heterocycles. The number of carbonyl (C=O) groups is 5. The number of aliphatic hydroxyl groups excluding tert-OH is 1. The fourth-order valence-electron chi connectivity index (χ4n) is 3.13. The van der Waals surface area contributed by atoms with Crippen molar-refractivity contribution in [3.8, 4) is 0 Å². The van der Waals surface area contributed by atoms with Gasteiger partial charge in [0.2, 0.25) is 17.7 Å². The molecule has 35 heavy (non-hydrogen) atoms. The van der Waals surface area contributed by atoms with Crippen LogP contribution in [-0.4, -0.2) is 88.3 Å². The van der Waals surface area contributed by atoms with E-state index in [1.165, 1.54) is 6.92 Å². The van der Waals surface area contributed by atoms with Crippen LogP contribution in [0.3, 0.4) is 0 Å². The van der Waals surface area contributed by atoms with Gasteiger partial charge in [-0.1, -0.05) is 6.42 Å². The average molecular weight is 505 g/mol. The number of carboxylic acid groups (broad SMARTS) is 2. The number of carbonyl (C=O) groups excluding carboxylic acids is 3. The van der Waals surface area contributed by atoms with Gasteiger partial charge in [-0.2, -0.15) is 0 Å². The number of hydrogen-bond donors (Lipinski definition) is 9. The highest BCUT2D eigenvalue weighted by molar-refractivity contribution is 5.94. The van der Waals surface area contributed by atoms with Gasteiger partial charge >= 0.3 is 11.9 Å². The molecule has 0 aliphatic carbocycles. The number of unbranched alkanes of at least 4 members (excludes halogenated alkanes) is 2. The molecule has 0 aromatic heterocycles. The molecule has 0 aromatic carbocycles. The average Bonchev–Trinajstić information content (AvgIpc) is 2.78. The standard InChI is InChI=1S/C21H40N6O8/c1-12(28)17(21(34)35)27-20(33)14(7-3-5-11-23)26-19(32)15(8-9-16(29)30)25-18(31)13(24)6-2-4-10-22/h12-15,17,28H,2-11,22-24H2,1H3,(H,25,31)(H,26,32)(H,27,33)(H,29,30)(H,34,35). The number of nitrogens with one attached hydrogen (secondary N) is 3. The molecule has 0 radical (unpaired) electrons. The van der Waals surface area contributed by atoms with Crippen LogP contribution in [0.15, 0.2) is 0 Å². The lowest BCUT2D eigenvalue weighted by atomic mass is 10.0. The number of rotatable bonds is 19. The molecule has 3 amide bonds. The molecule has 0 heterocycles. The van der Waals surface area contributed by atoms with Crippen molar-refractivity contribution < 1.29 is 39.3 Å². The summed E-state index contributed by atoms with van der Waals surface area (Å²) in [5, 5.41) is 34.9. The van der Waals surface area contributed by atoms with Crippen LogP contribution >= 0.6 is 0 Å². The van der Waals surface area contributed by atoms with Crippen LogP contribution in [-0.2, 0) is 24.0 Å². The Hall–Kier alpha value is -2.81. The Kier molecular flexibility index (Phi) is 16.2. The van der Waals surface area contributed by atoms with E-state index in [9.17, 15) is 34.2 Å². The second kappa shape index (κ2) is 17.6. The van der Waals surface area contributed by atoms with Crippen molar-refractivity contribution in [3.05, 3.63) is 0 Å². The van der Waals surface area contributed by atoms with Gasteiger partial charge in [-0.15, -0.1) is 0 Å². The van der Waals surface area contributed by atoms with Crippen LogP contribution in [0.2, 0.25) is 0 Å². The first-order valence-electron chi connectivity index (χ1n) is 11.6. The molecule has 0 spiro atoms. The summed E-state index contributed by atoms with van der Waals surface area (Å²) in [6.45, 7) is 1.95. The molecule has 0 rings (SSSR count). The number of carboxylic acids is 2. The van der Waals surface area contributed by atoms with Gasteiger partial charge in [-0.05, 0) is 58.5 Å². The van der Waals surface area contributed by atoms with Gasteiger partial charge in [-0.3, -0.25) is 19.2 Å². The second-order valence-corrected chi connectivity index (χ2v) is 8.30. The zero-order valence-corrected chi connectivity index (χ0v) is 20.1. The fourth-order valence-corrected chi connectivity index (χ4v) is 3.13. The second-order valence-electron chi connectivity index (χ2n) is 8.30. The van der Waals surface area contributed by atoms with E-state index in [2.05, 4.69) is 16.0 Å². The van der Waals surface area contributed by atoms with E-state index in [0.717, 1.165) is 0 Å². The minimum atomic E-state index is -1.61. The summed E-state index contributed by atoms with van der Waals surface area (Å²) in [6, 6.07) is -5.05. The summed E-state index contributed by atoms with van der Waals surface area (Å²) in [5.41, 5.74) is 16.7. The van der Waals surface area contributed by atoms with E-state index in [1.54, 1.807) is 0 Å². The number of amides is 3. The summed E-state index contributed by atoms with van der Waals surface area (Å²) >= 11 is 0. The molecule has 0 aromatic rings. The van der Waals surface area contributed by atoms with Crippen LogP contribution < -0.4 is 33.2 Å². The van der Waals surface area contributed by atoms with Gasteiger partial charge in [0.25, 0.3) is 0 Å². The van der Waals surface area contributed by atoms with Gasteiger partial charge < -0.3 is 48.5 Å². The molecular formula is C21H40N6O8. The highest BCUT2D eigenvalue weighted by atomic mass is 16.4. The third-order valence-corrected chi connectivity index (χ3v) is 5.21. The largest absolute Gasteiger partial charge is 0.481 e. The van der Waals surface area contributed by atoms with E-state index in [0.29, 0.717) is 45.2 Å². The smallest absolute Gasteiger partial charge is 0.328 e. The van der Waals surface area contributed by atoms with Crippen LogP contribution in [0, 0.1) is 0 Å². The van der Waals surface area contributed by atoms with Crippen LogP contribution in [0.25, 0.3) is 0 Å². The molecule has 14 nitrogen and oxygen atoms in total. The molecule has 14 heteroatoms. The van der Waals surface area contributed by atoms with Gasteiger partial charge in [0, 0.05) is 6.42 Å². The summed E-state index contributed by atoms with van der Waals surface area (Å²) in [7, 11) is 0. The van der Waals surface area contributed by atoms with Crippen molar-refractivity contribution in [2.24, 2.45) is 17.2 Å². The molecule has 0 bridgehead atoms. The van der Waals surface area contributed by atoms with Crippen molar-refractivity contribution in [3.63, 3.8) is 0 Å². The molecule has 0 saturated carbocycles. The van der Waals surface area contributed by atoms with Crippen molar-refractivity contribution in [2.45, 2.75) is 88.6 Å². The molecule has 5 unspecified atom stereocenters. The van der Waals surface area contributed by atoms with Gasteiger partial charge in [0.15, 0.2) is 6.04 Å². The number of aliphatic hydroxyl groups is 1. The van der Waals surface area contributed by atoms with E-state index in [-0.39, 0.29) is 12.8 Å². The lowest BCUT2D eigenvalue weighted by Gasteiger charge is -2.25. The summed E-state index contributed by atoms with van der Waals surface area (Å²) in [4.78, 5) is 60.4. The van der Waals surface area contributed by atoms with E-state index >= 15 is 0 Å². The van der Waals surface area contributed by atoms with Crippen molar-refractivity contribution in [2.75, 3.05) is 13.1 Å². The van der Waals surface area contributed by atoms with Crippen molar-refractivity contribution in [1.29, 1.82) is 0 Å². The third kappa shape index (κ3) is 13.6. The molecule has 5 atom stereocenters. The van der Waals surface area contributed by atoms with Gasteiger partial charge in [0.1, 0.15) is 12.1 Å². The summed E-state index contributed by atoms with van der Waals surface area (Å²) in [5.74, 6) is -4.99. The highest BCUT2D eigenvalue weighted by Crippen LogP contribution is 2.07.